The lowest BCUT2D eigenvalue weighted by atomic mass is 10.1. The van der Waals surface area contributed by atoms with Crippen molar-refractivity contribution in [3.8, 4) is 12.3 Å². The number of dihydropyridines is 1. The lowest BCUT2D eigenvalue weighted by Gasteiger charge is -2.37. The topological polar surface area (TPSA) is 96.6 Å². The van der Waals surface area contributed by atoms with Crippen molar-refractivity contribution in [2.24, 2.45) is 15.0 Å². The molecule has 3 aliphatic heterocycles. The zero-order valence-corrected chi connectivity index (χ0v) is 19.2. The summed E-state index contributed by atoms with van der Waals surface area (Å²) in [5.74, 6) is 3.66. The van der Waals surface area contributed by atoms with Crippen molar-refractivity contribution in [3.05, 3.63) is 22.9 Å². The molecule has 8 nitrogen and oxygen atoms in total. The molecule has 3 rings (SSSR count). The number of hydrogen-bond donors (Lipinski definition) is 4. The summed E-state index contributed by atoms with van der Waals surface area (Å²) >= 11 is 0. The van der Waals surface area contributed by atoms with Crippen LogP contribution in [0.15, 0.2) is 37.9 Å². The summed E-state index contributed by atoms with van der Waals surface area (Å²) in [5, 5.41) is 20.2. The van der Waals surface area contributed by atoms with Gasteiger partial charge in [0.25, 0.3) is 0 Å². The van der Waals surface area contributed by atoms with E-state index in [1.807, 2.05) is 13.3 Å². The standard InChI is InChI=1S/C23H35N7O/c1-7-16(6)30-13-26-20-21(25-12-17-11-24-15(5)10-14(17)4)28-23(29-22(20)30)27-18(8-2)19(31)9-3/h3,10,13,16,18-20,22,24,31H,7-8,11-12H2,1-2,4-6H3,(H2,25,27,28,29)/t16?,18-,19+,20?,22?/m0/s1. The molecule has 0 bridgehead atoms. The summed E-state index contributed by atoms with van der Waals surface area (Å²) in [5.41, 5.74) is 3.66. The minimum absolute atomic E-state index is 0.0733. The van der Waals surface area contributed by atoms with E-state index in [1.54, 1.807) is 0 Å². The molecule has 5 atom stereocenters. The summed E-state index contributed by atoms with van der Waals surface area (Å²) in [6.07, 6.45) is 10.2. The molecule has 3 heterocycles. The Morgan fingerprint density at radius 2 is 2.16 bits per heavy atom. The van der Waals surface area contributed by atoms with E-state index in [1.165, 1.54) is 16.8 Å². The van der Waals surface area contributed by atoms with Crippen molar-refractivity contribution in [2.45, 2.75) is 77.9 Å². The molecule has 4 N–H and O–H groups in total. The number of nitrogens with one attached hydrogen (secondary N) is 3. The second-order valence-electron chi connectivity index (χ2n) is 8.38. The lowest BCUT2D eigenvalue weighted by molar-refractivity contribution is 0.186. The van der Waals surface area contributed by atoms with Gasteiger partial charge in [0.2, 0.25) is 0 Å². The van der Waals surface area contributed by atoms with E-state index < -0.39 is 6.10 Å². The molecule has 8 heteroatoms. The van der Waals surface area contributed by atoms with Crippen LogP contribution in [-0.2, 0) is 0 Å². The molecule has 31 heavy (non-hydrogen) atoms. The number of hydrogen-bond acceptors (Lipinski definition) is 7. The second-order valence-corrected chi connectivity index (χ2v) is 8.38. The summed E-state index contributed by atoms with van der Waals surface area (Å²) in [6, 6.07) is -0.147. The number of amidine groups is 1. The van der Waals surface area contributed by atoms with E-state index in [0.29, 0.717) is 30.8 Å². The first-order valence-corrected chi connectivity index (χ1v) is 11.1. The first kappa shape index (κ1) is 22.9. The number of aliphatic hydroxyl groups is 1. The third kappa shape index (κ3) is 5.10. The highest BCUT2D eigenvalue weighted by Gasteiger charge is 2.40. The van der Waals surface area contributed by atoms with Crippen molar-refractivity contribution in [3.63, 3.8) is 0 Å². The van der Waals surface area contributed by atoms with Gasteiger partial charge in [-0.15, -0.1) is 6.42 Å². The maximum atomic E-state index is 10.1. The minimum Gasteiger partial charge on any atom is -0.385 e. The van der Waals surface area contributed by atoms with Crippen molar-refractivity contribution in [1.82, 2.24) is 20.9 Å². The normalized spacial score (nSPS) is 26.9. The van der Waals surface area contributed by atoms with Gasteiger partial charge in [0.05, 0.1) is 18.9 Å². The van der Waals surface area contributed by atoms with Crippen molar-refractivity contribution >= 4 is 18.1 Å². The van der Waals surface area contributed by atoms with Gasteiger partial charge < -0.3 is 26.0 Å². The van der Waals surface area contributed by atoms with Crippen molar-refractivity contribution < 1.29 is 5.11 Å². The molecule has 3 aliphatic rings. The predicted molar refractivity (Wildman–Crippen MR) is 127 cm³/mol. The molecule has 0 saturated heterocycles. The van der Waals surface area contributed by atoms with Crippen LogP contribution >= 0.6 is 0 Å². The fourth-order valence-corrected chi connectivity index (χ4v) is 3.90. The highest BCUT2D eigenvalue weighted by atomic mass is 16.3. The fourth-order valence-electron chi connectivity index (χ4n) is 3.90. The number of terminal acetylenes is 1. The Hall–Kier alpha value is -2.79. The summed E-state index contributed by atoms with van der Waals surface area (Å²) in [6.45, 7) is 11.9. The van der Waals surface area contributed by atoms with Gasteiger partial charge in [-0.05, 0) is 50.8 Å². The number of aliphatic imine (C=N–C) groups is 3. The number of guanidine groups is 1. The van der Waals surface area contributed by atoms with Gasteiger partial charge in [-0.3, -0.25) is 9.98 Å². The molecule has 0 aliphatic carbocycles. The van der Waals surface area contributed by atoms with E-state index in [9.17, 15) is 5.11 Å². The van der Waals surface area contributed by atoms with Gasteiger partial charge in [-0.25, -0.2) is 0 Å². The SMILES string of the molecule is C#C[C@@H](O)[C@H](CC)NC1=NC(=NCC2=C(C)C=C(C)NC2)C2N=CN(C(C)CC)C2N1. The maximum absolute atomic E-state index is 10.1. The molecule has 0 aromatic rings. The Bertz CT molecular complexity index is 864. The molecule has 168 valence electrons. The highest BCUT2D eigenvalue weighted by Crippen LogP contribution is 2.22. The molecule has 0 spiro atoms. The van der Waals surface area contributed by atoms with Gasteiger partial charge in [0.15, 0.2) is 11.8 Å². The van der Waals surface area contributed by atoms with Crippen LogP contribution in [0.25, 0.3) is 0 Å². The molecule has 0 saturated carbocycles. The van der Waals surface area contributed by atoms with Gasteiger partial charge in [-0.2, -0.15) is 4.99 Å². The Balaban J connectivity index is 1.88. The first-order valence-electron chi connectivity index (χ1n) is 11.1. The van der Waals surface area contributed by atoms with Crippen LogP contribution in [0.1, 0.15) is 47.5 Å². The smallest absolute Gasteiger partial charge is 0.199 e. The van der Waals surface area contributed by atoms with Crippen LogP contribution in [0.4, 0.5) is 0 Å². The number of nitrogens with zero attached hydrogens (tertiary/aromatic N) is 4. The fraction of sp³-hybridized carbons (Fsp3) is 0.609. The average molecular weight is 426 g/mol. The Morgan fingerprint density at radius 3 is 2.81 bits per heavy atom. The predicted octanol–water partition coefficient (Wildman–Crippen LogP) is 1.37. The van der Waals surface area contributed by atoms with Gasteiger partial charge in [0.1, 0.15) is 18.3 Å². The van der Waals surface area contributed by atoms with Crippen LogP contribution in [0.3, 0.4) is 0 Å². The number of rotatable bonds is 7. The molecule has 0 aromatic heterocycles. The Labute approximate surface area is 185 Å². The van der Waals surface area contributed by atoms with Gasteiger partial charge in [0, 0.05) is 18.3 Å². The zero-order chi connectivity index (χ0) is 22.5. The van der Waals surface area contributed by atoms with Crippen LogP contribution in [-0.4, -0.2) is 71.6 Å². The third-order valence-electron chi connectivity index (χ3n) is 6.17. The molecule has 0 fully saturated rings. The maximum Gasteiger partial charge on any atom is 0.199 e. The summed E-state index contributed by atoms with van der Waals surface area (Å²) in [4.78, 5) is 16.5. The molecular weight excluding hydrogens is 390 g/mol. The quantitative estimate of drug-likeness (QED) is 0.462. The largest absolute Gasteiger partial charge is 0.385 e. The number of aliphatic hydroxyl groups excluding tert-OH is 1. The second kappa shape index (κ2) is 10.0. The number of allylic oxidation sites excluding steroid dienone is 3. The Morgan fingerprint density at radius 1 is 1.39 bits per heavy atom. The van der Waals surface area contributed by atoms with E-state index in [-0.39, 0.29) is 18.2 Å². The van der Waals surface area contributed by atoms with Gasteiger partial charge >= 0.3 is 0 Å². The van der Waals surface area contributed by atoms with E-state index in [0.717, 1.165) is 13.0 Å². The van der Waals surface area contributed by atoms with Crippen molar-refractivity contribution in [2.75, 3.05) is 13.1 Å². The van der Waals surface area contributed by atoms with Crippen LogP contribution in [0.2, 0.25) is 0 Å². The zero-order valence-electron chi connectivity index (χ0n) is 19.2. The van der Waals surface area contributed by atoms with Gasteiger partial charge in [-0.1, -0.05) is 19.8 Å². The molecule has 3 unspecified atom stereocenters. The Kier molecular flexibility index (Phi) is 7.39. The van der Waals surface area contributed by atoms with Crippen LogP contribution in [0.5, 0.6) is 0 Å². The first-order chi connectivity index (χ1) is 14.9. The number of fused-ring (bicyclic) bond motifs is 1. The van der Waals surface area contributed by atoms with Crippen LogP contribution in [0, 0.1) is 12.3 Å². The van der Waals surface area contributed by atoms with E-state index in [2.05, 4.69) is 60.5 Å². The van der Waals surface area contributed by atoms with Crippen LogP contribution < -0.4 is 16.0 Å². The lowest BCUT2D eigenvalue weighted by Crippen LogP contribution is -2.62. The monoisotopic (exact) mass is 425 g/mol. The summed E-state index contributed by atoms with van der Waals surface area (Å²) < 4.78 is 0. The highest BCUT2D eigenvalue weighted by molar-refractivity contribution is 6.03. The average Bonchev–Trinajstić information content (AvgIpc) is 3.19. The molecular formula is C23H35N7O. The third-order valence-corrected chi connectivity index (χ3v) is 6.17. The summed E-state index contributed by atoms with van der Waals surface area (Å²) in [7, 11) is 0. The van der Waals surface area contributed by atoms with E-state index in [4.69, 9.17) is 21.4 Å². The molecule has 0 amide bonds. The molecule has 0 aromatic carbocycles. The van der Waals surface area contributed by atoms with E-state index >= 15 is 0 Å². The van der Waals surface area contributed by atoms with Crippen molar-refractivity contribution in [1.29, 1.82) is 0 Å². The minimum atomic E-state index is -0.894. The molecule has 0 radical (unpaired) electrons.